The van der Waals surface area contributed by atoms with Crippen LogP contribution in [-0.2, 0) is 33.2 Å². The lowest BCUT2D eigenvalue weighted by Crippen LogP contribution is -2.72. The summed E-state index contributed by atoms with van der Waals surface area (Å²) in [5.41, 5.74) is -2.27. The number of allylic oxidation sites excluding steroid dienone is 1. The highest BCUT2D eigenvalue weighted by Crippen LogP contribution is 2.79. The van der Waals surface area contributed by atoms with Crippen LogP contribution in [-0.4, -0.2) is 193 Å². The van der Waals surface area contributed by atoms with Crippen LogP contribution in [0.5, 0.6) is 0 Å². The molecule has 8 fully saturated rings. The molecular weight excluding hydrogens is 865 g/mol. The molecule has 0 amide bonds. The molecule has 18 heteroatoms. The van der Waals surface area contributed by atoms with E-state index in [9.17, 15) is 56.2 Å². The minimum atomic E-state index is -1.82. The highest BCUT2D eigenvalue weighted by atomic mass is 16.8. The molecule has 9 aliphatic rings. The predicted molar refractivity (Wildman–Crippen MR) is 229 cm³/mol. The zero-order chi connectivity index (χ0) is 47.9. The van der Waals surface area contributed by atoms with Gasteiger partial charge in [0.1, 0.15) is 67.1 Å². The van der Waals surface area contributed by atoms with Gasteiger partial charge in [-0.3, -0.25) is 0 Å². The topological polar surface area (TPSA) is 287 Å². The van der Waals surface area contributed by atoms with E-state index in [1.54, 1.807) is 0 Å². The minimum Gasteiger partial charge on any atom is -0.396 e. The second kappa shape index (κ2) is 17.1. The van der Waals surface area contributed by atoms with Crippen molar-refractivity contribution < 1.29 is 89.3 Å². The first-order valence-corrected chi connectivity index (χ1v) is 24.5. The van der Waals surface area contributed by atoms with Gasteiger partial charge in [0, 0.05) is 22.2 Å². The van der Waals surface area contributed by atoms with Gasteiger partial charge in [-0.15, -0.1) is 0 Å². The van der Waals surface area contributed by atoms with Gasteiger partial charge >= 0.3 is 0 Å². The zero-order valence-electron chi connectivity index (χ0n) is 39.5. The number of rotatable bonds is 9. The molecule has 0 unspecified atom stereocenters. The van der Waals surface area contributed by atoms with E-state index in [4.69, 9.17) is 33.2 Å². The van der Waals surface area contributed by atoms with Gasteiger partial charge in [-0.1, -0.05) is 53.7 Å². The smallest absolute Gasteiger partial charge is 0.187 e. The summed E-state index contributed by atoms with van der Waals surface area (Å²) in [6.07, 6.45) is -13.1. The normalized spacial score (nSPS) is 58.8. The molecule has 18 nitrogen and oxygen atoms in total. The van der Waals surface area contributed by atoms with Crippen molar-refractivity contribution >= 4 is 0 Å². The van der Waals surface area contributed by atoms with Crippen LogP contribution in [0.15, 0.2) is 12.2 Å². The molecule has 11 N–H and O–H groups in total. The van der Waals surface area contributed by atoms with E-state index in [1.165, 1.54) is 6.92 Å². The van der Waals surface area contributed by atoms with Crippen molar-refractivity contribution in [3.63, 3.8) is 0 Å². The molecule has 4 heterocycles. The number of hydrogen-bond acceptors (Lipinski definition) is 18. The Kier molecular flexibility index (Phi) is 12.9. The third-order valence-corrected chi connectivity index (χ3v) is 20.0. The zero-order valence-corrected chi connectivity index (χ0v) is 39.5. The standard InChI is InChI=1S/C48H78O18/c1-22-30(52)32(54)35(57)40(62-22)66-38-23(18-49)63-39(37(59)34(38)56)60-19-24-31(53)33(55)36(58)41(64-24)65-29-10-11-43(4)25(44(29,5)20-50)8-12-45(6)26(43)9-13-48-27-16-42(2,3)14-15-47(27,21-61-48)28(51)17-46(45,48)7/h9,13,22-41,49-59H,8,10-12,14-21H2,1-7H3/t22-,23+,24+,25+,26-,27-,28-,29-,30-,31+,32+,33-,34+,35+,36-,37+,38+,39+,40+,41-,43-,44-,45+,46+,47+,48+/m0/s1. The Morgan fingerprint density at radius 3 is 1.97 bits per heavy atom. The maximum absolute atomic E-state index is 12.2. The molecule has 0 radical (unpaired) electrons. The summed E-state index contributed by atoms with van der Waals surface area (Å²) in [7, 11) is 0. The average molecular weight is 943 g/mol. The number of aliphatic hydroxyl groups is 11. The summed E-state index contributed by atoms with van der Waals surface area (Å²) in [6.45, 7) is 14.3. The van der Waals surface area contributed by atoms with Crippen molar-refractivity contribution in [3.05, 3.63) is 12.2 Å². The summed E-state index contributed by atoms with van der Waals surface area (Å²) in [4.78, 5) is 0. The van der Waals surface area contributed by atoms with Gasteiger partial charge in [-0.25, -0.2) is 0 Å². The number of ether oxygens (including phenoxy) is 7. The van der Waals surface area contributed by atoms with E-state index in [-0.39, 0.29) is 51.4 Å². The number of hydrogen-bond donors (Lipinski definition) is 11. The Morgan fingerprint density at radius 2 is 1.29 bits per heavy atom. The Labute approximate surface area is 387 Å². The van der Waals surface area contributed by atoms with Gasteiger partial charge in [-0.05, 0) is 86.4 Å². The lowest BCUT2D eigenvalue weighted by atomic mass is 9.32. The minimum absolute atomic E-state index is 0.0353. The third-order valence-electron chi connectivity index (χ3n) is 20.0. The summed E-state index contributed by atoms with van der Waals surface area (Å²) < 4.78 is 42.5. The van der Waals surface area contributed by atoms with Crippen molar-refractivity contribution in [3.8, 4) is 0 Å². The Balaban J connectivity index is 0.888. The van der Waals surface area contributed by atoms with E-state index in [2.05, 4.69) is 46.8 Å². The van der Waals surface area contributed by atoms with Crippen LogP contribution >= 0.6 is 0 Å². The van der Waals surface area contributed by atoms with E-state index < -0.39 is 129 Å². The predicted octanol–water partition coefficient (Wildman–Crippen LogP) is -0.399. The quantitative estimate of drug-likeness (QED) is 0.104. The summed E-state index contributed by atoms with van der Waals surface area (Å²) in [6, 6.07) is 0. The van der Waals surface area contributed by atoms with Crippen molar-refractivity contribution in [2.75, 3.05) is 26.4 Å². The first-order chi connectivity index (χ1) is 30.9. The van der Waals surface area contributed by atoms with Gasteiger partial charge in [-0.2, -0.15) is 0 Å². The van der Waals surface area contributed by atoms with E-state index in [1.807, 2.05) is 6.92 Å². The Hall–Kier alpha value is -0.980. The van der Waals surface area contributed by atoms with E-state index in [0.717, 1.165) is 38.5 Å². The summed E-state index contributed by atoms with van der Waals surface area (Å²) in [5, 5.41) is 120. The van der Waals surface area contributed by atoms with Crippen LogP contribution < -0.4 is 0 Å². The molecule has 66 heavy (non-hydrogen) atoms. The SMILES string of the molecule is C[C@@H]1O[C@H](O[C@H]2[C@H](O)[C@@H](O)[C@H](OC[C@H]3O[C@@H](O[C@H]4CC[C@@]5(C)[C@@H](CC[C@]6(C)[C@H]5C=C[C@@]57OC[C@@]8(CCC(C)(C)C[C@@H]85)[C@@H](O)C[C@]67C)[C@]4(C)CO)[C@@H](O)[C@@H](O)[C@@H]3O)O[C@@H]2CO)[C@H](O)[C@H](O)[C@H]1O. The van der Waals surface area contributed by atoms with Crippen LogP contribution in [0.1, 0.15) is 99.8 Å². The molecule has 26 atom stereocenters. The first-order valence-electron chi connectivity index (χ1n) is 24.5. The molecule has 378 valence electrons. The monoisotopic (exact) mass is 943 g/mol. The fourth-order valence-electron chi connectivity index (χ4n) is 15.7. The van der Waals surface area contributed by atoms with Crippen LogP contribution in [0.3, 0.4) is 0 Å². The van der Waals surface area contributed by atoms with Gasteiger partial charge in [0.15, 0.2) is 18.9 Å². The maximum atomic E-state index is 12.2. The van der Waals surface area contributed by atoms with Crippen molar-refractivity contribution in [2.24, 2.45) is 50.2 Å². The van der Waals surface area contributed by atoms with Gasteiger partial charge in [0.25, 0.3) is 0 Å². The largest absolute Gasteiger partial charge is 0.396 e. The molecule has 9 rings (SSSR count). The second-order valence-corrected chi connectivity index (χ2v) is 23.8. The molecule has 4 saturated heterocycles. The van der Waals surface area contributed by atoms with Gasteiger partial charge < -0.3 is 89.3 Å². The summed E-state index contributed by atoms with van der Waals surface area (Å²) >= 11 is 0. The lowest BCUT2D eigenvalue weighted by molar-refractivity contribution is -0.365. The maximum Gasteiger partial charge on any atom is 0.187 e. The second-order valence-electron chi connectivity index (χ2n) is 23.8. The summed E-state index contributed by atoms with van der Waals surface area (Å²) in [5.74, 6) is 0.278. The third kappa shape index (κ3) is 7.08. The molecule has 2 bridgehead atoms. The van der Waals surface area contributed by atoms with Crippen LogP contribution in [0.4, 0.5) is 0 Å². The van der Waals surface area contributed by atoms with E-state index in [0.29, 0.717) is 19.4 Å². The molecule has 0 aromatic heterocycles. The Bertz CT molecular complexity index is 1800. The molecule has 0 aromatic rings. The molecule has 4 aliphatic heterocycles. The van der Waals surface area contributed by atoms with Crippen molar-refractivity contribution in [1.29, 1.82) is 0 Å². The first kappa shape index (κ1) is 50.0. The lowest BCUT2D eigenvalue weighted by Gasteiger charge is -2.73. The molecular formula is C48H78O18. The molecule has 5 aliphatic carbocycles. The fraction of sp³-hybridized carbons (Fsp3) is 0.958. The van der Waals surface area contributed by atoms with Crippen LogP contribution in [0.2, 0.25) is 0 Å². The Morgan fingerprint density at radius 1 is 0.636 bits per heavy atom. The van der Waals surface area contributed by atoms with Crippen LogP contribution in [0.25, 0.3) is 0 Å². The van der Waals surface area contributed by atoms with E-state index >= 15 is 0 Å². The fourth-order valence-corrected chi connectivity index (χ4v) is 15.7. The molecule has 0 aromatic carbocycles. The van der Waals surface area contributed by atoms with Gasteiger partial charge in [0.2, 0.25) is 0 Å². The van der Waals surface area contributed by atoms with Crippen molar-refractivity contribution in [1.82, 2.24) is 0 Å². The number of aliphatic hydroxyl groups excluding tert-OH is 11. The highest BCUT2D eigenvalue weighted by Gasteiger charge is 2.79. The van der Waals surface area contributed by atoms with Crippen molar-refractivity contribution in [2.45, 2.75) is 210 Å². The van der Waals surface area contributed by atoms with Crippen LogP contribution in [0, 0.1) is 50.2 Å². The number of fused-ring (bicyclic) bond motifs is 4. The van der Waals surface area contributed by atoms with Gasteiger partial charge in [0.05, 0.1) is 50.3 Å². The molecule has 1 spiro atoms. The average Bonchev–Trinajstić information content (AvgIpc) is 3.55. The highest BCUT2D eigenvalue weighted by molar-refractivity contribution is 5.36. The molecule has 4 saturated carbocycles.